The maximum atomic E-state index is 13.6. The molecule has 0 aliphatic heterocycles. The molecule has 7 heteroatoms. The first-order valence-electron chi connectivity index (χ1n) is 6.90. The Morgan fingerprint density at radius 2 is 2.13 bits per heavy atom. The number of H-pyrrole nitrogens is 1. The number of hydrogen-bond acceptors (Lipinski definition) is 3. The number of aromatic amines is 1. The Labute approximate surface area is 136 Å². The van der Waals surface area contributed by atoms with Crippen molar-refractivity contribution in [2.45, 2.75) is 6.04 Å². The zero-order chi connectivity index (χ0) is 16.4. The third-order valence-electron chi connectivity index (χ3n) is 3.52. The Morgan fingerprint density at radius 1 is 1.35 bits per heavy atom. The normalized spacial score (nSPS) is 12.3. The summed E-state index contributed by atoms with van der Waals surface area (Å²) >= 11 is 5.64. The molecule has 3 N–H and O–H groups in total. The van der Waals surface area contributed by atoms with Crippen LogP contribution in [0.4, 0.5) is 4.39 Å². The Bertz CT molecular complexity index is 865. The molecule has 0 radical (unpaired) electrons. The molecule has 0 spiro atoms. The van der Waals surface area contributed by atoms with Crippen molar-refractivity contribution in [2.24, 2.45) is 0 Å². The molecule has 1 atom stereocenters. The van der Waals surface area contributed by atoms with E-state index >= 15 is 0 Å². The SMILES string of the molecule is O=C(NC(CO)c1ccc(Cl)c(F)c1)c1n[nH]c2ccccc12. The summed E-state index contributed by atoms with van der Waals surface area (Å²) in [5, 5.41) is 19.6. The molecule has 0 aliphatic rings. The van der Waals surface area contributed by atoms with Crippen molar-refractivity contribution in [3.63, 3.8) is 0 Å². The van der Waals surface area contributed by atoms with Gasteiger partial charge in [-0.15, -0.1) is 0 Å². The second kappa shape index (κ2) is 6.36. The average Bonchev–Trinajstić information content (AvgIpc) is 2.99. The van der Waals surface area contributed by atoms with Crippen LogP contribution in [0.15, 0.2) is 42.5 Å². The Hall–Kier alpha value is -2.44. The highest BCUT2D eigenvalue weighted by atomic mass is 35.5. The van der Waals surface area contributed by atoms with Crippen LogP contribution in [-0.4, -0.2) is 27.8 Å². The predicted molar refractivity (Wildman–Crippen MR) is 84.8 cm³/mol. The number of nitrogens with one attached hydrogen (secondary N) is 2. The van der Waals surface area contributed by atoms with E-state index in [1.165, 1.54) is 12.1 Å². The fourth-order valence-corrected chi connectivity index (χ4v) is 2.44. The van der Waals surface area contributed by atoms with Gasteiger partial charge in [-0.1, -0.05) is 35.9 Å². The van der Waals surface area contributed by atoms with Crippen LogP contribution in [0.1, 0.15) is 22.1 Å². The van der Waals surface area contributed by atoms with E-state index in [1.54, 1.807) is 24.3 Å². The molecule has 0 aliphatic carbocycles. The van der Waals surface area contributed by atoms with Gasteiger partial charge in [0.2, 0.25) is 0 Å². The number of benzene rings is 2. The maximum absolute atomic E-state index is 13.6. The minimum absolute atomic E-state index is 0.0185. The summed E-state index contributed by atoms with van der Waals surface area (Å²) in [6.07, 6.45) is 0. The van der Waals surface area contributed by atoms with Crippen molar-refractivity contribution in [3.8, 4) is 0 Å². The molecule has 3 rings (SSSR count). The van der Waals surface area contributed by atoms with Crippen LogP contribution < -0.4 is 5.32 Å². The first-order chi connectivity index (χ1) is 11.1. The third-order valence-corrected chi connectivity index (χ3v) is 3.83. The molecule has 0 fully saturated rings. The van der Waals surface area contributed by atoms with Gasteiger partial charge in [0.25, 0.3) is 5.91 Å². The molecular weight excluding hydrogens is 321 g/mol. The minimum Gasteiger partial charge on any atom is -0.394 e. The number of halogens is 2. The lowest BCUT2D eigenvalue weighted by atomic mass is 10.1. The Morgan fingerprint density at radius 3 is 2.87 bits per heavy atom. The molecule has 1 heterocycles. The molecule has 1 aromatic heterocycles. The summed E-state index contributed by atoms with van der Waals surface area (Å²) in [5.74, 6) is -1.07. The fraction of sp³-hybridized carbons (Fsp3) is 0.125. The zero-order valence-electron chi connectivity index (χ0n) is 11.9. The number of para-hydroxylation sites is 1. The number of aliphatic hydroxyl groups excluding tert-OH is 1. The molecule has 0 bridgehead atoms. The van der Waals surface area contributed by atoms with Crippen molar-refractivity contribution >= 4 is 28.4 Å². The summed E-state index contributed by atoms with van der Waals surface area (Å²) in [4.78, 5) is 12.4. The van der Waals surface area contributed by atoms with E-state index in [9.17, 15) is 14.3 Å². The fourth-order valence-electron chi connectivity index (χ4n) is 2.33. The van der Waals surface area contributed by atoms with Gasteiger partial charge in [0.05, 0.1) is 23.2 Å². The summed E-state index contributed by atoms with van der Waals surface area (Å²) in [7, 11) is 0. The summed E-state index contributed by atoms with van der Waals surface area (Å²) < 4.78 is 13.6. The van der Waals surface area contributed by atoms with E-state index in [4.69, 9.17) is 11.6 Å². The topological polar surface area (TPSA) is 78.0 Å². The average molecular weight is 334 g/mol. The number of carbonyl (C=O) groups is 1. The number of hydrogen-bond donors (Lipinski definition) is 3. The maximum Gasteiger partial charge on any atom is 0.272 e. The van der Waals surface area contributed by atoms with Gasteiger partial charge in [0, 0.05) is 5.39 Å². The third kappa shape index (κ3) is 3.04. The van der Waals surface area contributed by atoms with E-state index in [1.807, 2.05) is 6.07 Å². The molecule has 0 saturated carbocycles. The van der Waals surface area contributed by atoms with Gasteiger partial charge in [0.15, 0.2) is 5.69 Å². The number of fused-ring (bicyclic) bond motifs is 1. The van der Waals surface area contributed by atoms with Gasteiger partial charge in [-0.3, -0.25) is 9.89 Å². The highest BCUT2D eigenvalue weighted by molar-refractivity contribution is 6.30. The van der Waals surface area contributed by atoms with Gasteiger partial charge in [-0.25, -0.2) is 4.39 Å². The van der Waals surface area contributed by atoms with E-state index in [0.717, 1.165) is 5.52 Å². The van der Waals surface area contributed by atoms with Crippen molar-refractivity contribution in [1.29, 1.82) is 0 Å². The Kier molecular flexibility index (Phi) is 4.27. The van der Waals surface area contributed by atoms with Crippen molar-refractivity contribution in [3.05, 3.63) is 64.6 Å². The van der Waals surface area contributed by atoms with E-state index in [-0.39, 0.29) is 17.3 Å². The van der Waals surface area contributed by atoms with E-state index < -0.39 is 17.8 Å². The van der Waals surface area contributed by atoms with Gasteiger partial charge < -0.3 is 10.4 Å². The largest absolute Gasteiger partial charge is 0.394 e. The standard InChI is InChI=1S/C16H13ClFN3O2/c17-11-6-5-9(7-12(11)18)14(8-22)19-16(23)15-10-3-1-2-4-13(10)20-21-15/h1-7,14,22H,8H2,(H,19,23)(H,20,21). The van der Waals surface area contributed by atoms with Crippen molar-refractivity contribution in [2.75, 3.05) is 6.61 Å². The molecular formula is C16H13ClFN3O2. The number of nitrogens with zero attached hydrogens (tertiary/aromatic N) is 1. The lowest BCUT2D eigenvalue weighted by molar-refractivity contribution is 0.0912. The molecule has 1 amide bonds. The lowest BCUT2D eigenvalue weighted by Crippen LogP contribution is -2.31. The molecule has 3 aromatic rings. The first kappa shape index (κ1) is 15.5. The highest BCUT2D eigenvalue weighted by Crippen LogP contribution is 2.21. The van der Waals surface area contributed by atoms with Crippen LogP contribution in [0.25, 0.3) is 10.9 Å². The number of aliphatic hydroxyl groups is 1. The molecule has 118 valence electrons. The quantitative estimate of drug-likeness (QED) is 0.687. The van der Waals surface area contributed by atoms with Crippen LogP contribution in [0, 0.1) is 5.82 Å². The summed E-state index contributed by atoms with van der Waals surface area (Å²) in [5.41, 5.74) is 1.37. The number of carbonyl (C=O) groups excluding carboxylic acids is 1. The second-order valence-corrected chi connectivity index (χ2v) is 5.41. The van der Waals surface area contributed by atoms with Crippen molar-refractivity contribution < 1.29 is 14.3 Å². The number of aromatic nitrogens is 2. The van der Waals surface area contributed by atoms with E-state index in [2.05, 4.69) is 15.5 Å². The van der Waals surface area contributed by atoms with Gasteiger partial charge in [-0.2, -0.15) is 5.10 Å². The van der Waals surface area contributed by atoms with E-state index in [0.29, 0.717) is 10.9 Å². The molecule has 2 aromatic carbocycles. The molecule has 5 nitrogen and oxygen atoms in total. The predicted octanol–water partition coefficient (Wildman–Crippen LogP) is 2.82. The smallest absolute Gasteiger partial charge is 0.272 e. The summed E-state index contributed by atoms with van der Waals surface area (Å²) in [6, 6.07) is 10.6. The minimum atomic E-state index is -0.760. The van der Waals surface area contributed by atoms with Crippen LogP contribution in [0.5, 0.6) is 0 Å². The Balaban J connectivity index is 1.86. The van der Waals surface area contributed by atoms with Crippen LogP contribution >= 0.6 is 11.6 Å². The monoisotopic (exact) mass is 333 g/mol. The first-order valence-corrected chi connectivity index (χ1v) is 7.27. The van der Waals surface area contributed by atoms with Gasteiger partial charge in [-0.05, 0) is 23.8 Å². The van der Waals surface area contributed by atoms with Crippen molar-refractivity contribution in [1.82, 2.24) is 15.5 Å². The number of amides is 1. The van der Waals surface area contributed by atoms with Crippen LogP contribution in [0.3, 0.4) is 0 Å². The van der Waals surface area contributed by atoms with Crippen LogP contribution in [-0.2, 0) is 0 Å². The lowest BCUT2D eigenvalue weighted by Gasteiger charge is -2.16. The number of rotatable bonds is 4. The molecule has 23 heavy (non-hydrogen) atoms. The van der Waals surface area contributed by atoms with Crippen LogP contribution in [0.2, 0.25) is 5.02 Å². The molecule has 1 unspecified atom stereocenters. The zero-order valence-corrected chi connectivity index (χ0v) is 12.6. The highest BCUT2D eigenvalue weighted by Gasteiger charge is 2.19. The molecule has 0 saturated heterocycles. The summed E-state index contributed by atoms with van der Waals surface area (Å²) in [6.45, 7) is -0.380. The van der Waals surface area contributed by atoms with Gasteiger partial charge in [0.1, 0.15) is 5.82 Å². The second-order valence-electron chi connectivity index (χ2n) is 5.00. The van der Waals surface area contributed by atoms with Gasteiger partial charge >= 0.3 is 0 Å².